The zero-order valence-corrected chi connectivity index (χ0v) is 20.0. The fraction of sp³-hybridized carbons (Fsp3) is 0.154. The van der Waals surface area contributed by atoms with Crippen LogP contribution in [0.25, 0.3) is 17.1 Å². The number of thioether (sulfide) groups is 1. The number of carbonyl (C=O) groups is 1. The molecule has 1 amide bonds. The molecule has 0 bridgehead atoms. The van der Waals surface area contributed by atoms with Crippen molar-refractivity contribution in [3.63, 3.8) is 0 Å². The second kappa shape index (κ2) is 10.8. The summed E-state index contributed by atoms with van der Waals surface area (Å²) in [6, 6.07) is 25.5. The number of aryl methyl sites for hydroxylation is 1. The molecular formula is C26H25N5O2S. The van der Waals surface area contributed by atoms with Gasteiger partial charge in [-0.15, -0.1) is 10.2 Å². The van der Waals surface area contributed by atoms with Gasteiger partial charge in [0.1, 0.15) is 5.75 Å². The Balaban J connectivity index is 1.49. The van der Waals surface area contributed by atoms with Gasteiger partial charge in [0.2, 0.25) is 0 Å². The van der Waals surface area contributed by atoms with Crippen LogP contribution in [-0.2, 0) is 4.79 Å². The monoisotopic (exact) mass is 471 g/mol. The molecule has 0 aliphatic carbocycles. The van der Waals surface area contributed by atoms with E-state index in [0.717, 1.165) is 34.0 Å². The summed E-state index contributed by atoms with van der Waals surface area (Å²) >= 11 is 1.31. The highest BCUT2D eigenvalue weighted by molar-refractivity contribution is 7.99. The highest BCUT2D eigenvalue weighted by Crippen LogP contribution is 2.28. The molecule has 34 heavy (non-hydrogen) atoms. The molecule has 0 atom stereocenters. The summed E-state index contributed by atoms with van der Waals surface area (Å²) in [5.74, 6) is 1.42. The van der Waals surface area contributed by atoms with Crippen molar-refractivity contribution in [2.45, 2.75) is 19.0 Å². The van der Waals surface area contributed by atoms with Crippen molar-refractivity contribution in [2.75, 3.05) is 12.9 Å². The van der Waals surface area contributed by atoms with E-state index in [9.17, 15) is 4.79 Å². The number of hydrogen-bond acceptors (Lipinski definition) is 6. The van der Waals surface area contributed by atoms with Crippen molar-refractivity contribution in [1.29, 1.82) is 0 Å². The molecular weight excluding hydrogens is 446 g/mol. The first kappa shape index (κ1) is 23.3. The lowest BCUT2D eigenvalue weighted by Gasteiger charge is -2.10. The van der Waals surface area contributed by atoms with Gasteiger partial charge in [-0.2, -0.15) is 5.10 Å². The van der Waals surface area contributed by atoms with Gasteiger partial charge in [-0.3, -0.25) is 9.36 Å². The number of nitrogens with zero attached hydrogens (tertiary/aromatic N) is 4. The molecule has 1 N–H and O–H groups in total. The molecule has 1 heterocycles. The fourth-order valence-electron chi connectivity index (χ4n) is 3.27. The number of benzene rings is 3. The molecule has 0 fully saturated rings. The predicted molar refractivity (Wildman–Crippen MR) is 136 cm³/mol. The molecule has 4 rings (SSSR count). The molecule has 0 saturated heterocycles. The second-order valence-corrected chi connectivity index (χ2v) is 8.54. The highest BCUT2D eigenvalue weighted by atomic mass is 32.2. The first-order chi connectivity index (χ1) is 16.5. The normalized spacial score (nSPS) is 11.3. The number of amides is 1. The number of hydrazone groups is 1. The van der Waals surface area contributed by atoms with Gasteiger partial charge in [-0.25, -0.2) is 5.43 Å². The molecule has 172 valence electrons. The van der Waals surface area contributed by atoms with Crippen molar-refractivity contribution < 1.29 is 9.53 Å². The van der Waals surface area contributed by atoms with E-state index in [-0.39, 0.29) is 11.7 Å². The van der Waals surface area contributed by atoms with E-state index in [2.05, 4.69) is 20.7 Å². The van der Waals surface area contributed by atoms with Gasteiger partial charge < -0.3 is 4.74 Å². The molecule has 0 spiro atoms. The van der Waals surface area contributed by atoms with Gasteiger partial charge in [-0.05, 0) is 55.8 Å². The van der Waals surface area contributed by atoms with E-state index < -0.39 is 0 Å². The van der Waals surface area contributed by atoms with Crippen LogP contribution in [0.4, 0.5) is 0 Å². The fourth-order valence-corrected chi connectivity index (χ4v) is 4.01. The van der Waals surface area contributed by atoms with Gasteiger partial charge in [0, 0.05) is 11.3 Å². The quantitative estimate of drug-likeness (QED) is 0.225. The lowest BCUT2D eigenvalue weighted by molar-refractivity contribution is -0.118. The topological polar surface area (TPSA) is 81.4 Å². The lowest BCUT2D eigenvalue weighted by atomic mass is 10.1. The first-order valence-electron chi connectivity index (χ1n) is 10.7. The van der Waals surface area contributed by atoms with Crippen molar-refractivity contribution in [1.82, 2.24) is 20.2 Å². The zero-order chi connectivity index (χ0) is 23.9. The number of ether oxygens (including phenoxy) is 1. The standard InChI is InChI=1S/C26H25N5O2S/c1-18-9-13-22(14-10-18)31-25(21-7-5-4-6-8-21)29-30-26(31)34-17-24(32)28-27-19(2)20-11-15-23(33-3)16-12-20/h4-16H,17H2,1-3H3,(H,28,32). The molecule has 0 unspecified atom stereocenters. The Hall–Kier alpha value is -3.91. The van der Waals surface area contributed by atoms with Crippen LogP contribution in [0.2, 0.25) is 0 Å². The van der Waals surface area contributed by atoms with Gasteiger partial charge in [0.15, 0.2) is 11.0 Å². The number of rotatable bonds is 8. The summed E-state index contributed by atoms with van der Waals surface area (Å²) in [4.78, 5) is 12.5. The largest absolute Gasteiger partial charge is 0.497 e. The van der Waals surface area contributed by atoms with Crippen LogP contribution in [0.15, 0.2) is 89.1 Å². The third-order valence-corrected chi connectivity index (χ3v) is 6.07. The van der Waals surface area contributed by atoms with Crippen molar-refractivity contribution in [2.24, 2.45) is 5.10 Å². The van der Waals surface area contributed by atoms with Crippen LogP contribution in [0.3, 0.4) is 0 Å². The van der Waals surface area contributed by atoms with E-state index in [4.69, 9.17) is 4.74 Å². The van der Waals surface area contributed by atoms with Crippen LogP contribution in [0, 0.1) is 6.92 Å². The van der Waals surface area contributed by atoms with Crippen LogP contribution in [0.5, 0.6) is 5.75 Å². The average molecular weight is 472 g/mol. The van der Waals surface area contributed by atoms with Gasteiger partial charge in [0.05, 0.1) is 18.6 Å². The third-order valence-electron chi connectivity index (χ3n) is 5.15. The number of aromatic nitrogens is 3. The molecule has 0 aliphatic rings. The minimum absolute atomic E-state index is 0.151. The SMILES string of the molecule is COc1ccc(C(C)=NNC(=O)CSc2nnc(-c3ccccc3)n2-c2ccc(C)cc2)cc1. The average Bonchev–Trinajstić information content (AvgIpc) is 3.31. The number of hydrogen-bond donors (Lipinski definition) is 1. The predicted octanol–water partition coefficient (Wildman–Crippen LogP) is 4.88. The molecule has 0 saturated carbocycles. The van der Waals surface area contributed by atoms with Gasteiger partial charge in [0.25, 0.3) is 5.91 Å². The van der Waals surface area contributed by atoms with E-state index >= 15 is 0 Å². The minimum Gasteiger partial charge on any atom is -0.497 e. The third kappa shape index (κ3) is 5.52. The Bertz CT molecular complexity index is 1280. The van der Waals surface area contributed by atoms with Crippen LogP contribution in [-0.4, -0.2) is 39.2 Å². The maximum Gasteiger partial charge on any atom is 0.250 e. The molecule has 0 aliphatic heterocycles. The Morgan fingerprint density at radius 2 is 1.71 bits per heavy atom. The Morgan fingerprint density at radius 1 is 1.00 bits per heavy atom. The van der Waals surface area contributed by atoms with Crippen molar-refractivity contribution >= 4 is 23.4 Å². The van der Waals surface area contributed by atoms with Crippen LogP contribution < -0.4 is 10.2 Å². The minimum atomic E-state index is -0.224. The van der Waals surface area contributed by atoms with E-state index in [1.54, 1.807) is 7.11 Å². The van der Waals surface area contributed by atoms with Gasteiger partial charge >= 0.3 is 0 Å². The smallest absolute Gasteiger partial charge is 0.250 e. The van der Waals surface area contributed by atoms with Crippen LogP contribution >= 0.6 is 11.8 Å². The summed E-state index contributed by atoms with van der Waals surface area (Å²) in [5, 5.41) is 13.6. The molecule has 8 heteroatoms. The molecule has 7 nitrogen and oxygen atoms in total. The van der Waals surface area contributed by atoms with E-state index in [0.29, 0.717) is 10.9 Å². The maximum atomic E-state index is 12.5. The second-order valence-electron chi connectivity index (χ2n) is 7.59. The number of carbonyl (C=O) groups excluding carboxylic acids is 1. The summed E-state index contributed by atoms with van der Waals surface area (Å²) in [5.41, 5.74) is 7.28. The zero-order valence-electron chi connectivity index (χ0n) is 19.2. The van der Waals surface area contributed by atoms with Crippen molar-refractivity contribution in [3.8, 4) is 22.8 Å². The molecule has 1 aromatic heterocycles. The number of methoxy groups -OCH3 is 1. The summed E-state index contributed by atoms with van der Waals surface area (Å²) in [7, 11) is 1.62. The highest BCUT2D eigenvalue weighted by Gasteiger charge is 2.17. The van der Waals surface area contributed by atoms with Crippen LogP contribution in [0.1, 0.15) is 18.1 Å². The van der Waals surface area contributed by atoms with E-state index in [1.165, 1.54) is 11.8 Å². The van der Waals surface area contributed by atoms with Crippen molar-refractivity contribution in [3.05, 3.63) is 90.0 Å². The molecule has 3 aromatic carbocycles. The maximum absolute atomic E-state index is 12.5. The Morgan fingerprint density at radius 3 is 2.38 bits per heavy atom. The lowest BCUT2D eigenvalue weighted by Crippen LogP contribution is -2.21. The van der Waals surface area contributed by atoms with Gasteiger partial charge in [-0.1, -0.05) is 59.8 Å². The first-order valence-corrected chi connectivity index (χ1v) is 11.7. The summed E-state index contributed by atoms with van der Waals surface area (Å²) < 4.78 is 7.14. The Labute approximate surface area is 202 Å². The Kier molecular flexibility index (Phi) is 7.39. The molecule has 4 aromatic rings. The molecule has 0 radical (unpaired) electrons. The number of nitrogens with one attached hydrogen (secondary N) is 1. The summed E-state index contributed by atoms with van der Waals surface area (Å²) in [6.07, 6.45) is 0. The summed E-state index contributed by atoms with van der Waals surface area (Å²) in [6.45, 7) is 3.89. The van der Waals surface area contributed by atoms with E-state index in [1.807, 2.05) is 97.3 Å².